The van der Waals surface area contributed by atoms with Gasteiger partial charge in [0.1, 0.15) is 0 Å². The van der Waals surface area contributed by atoms with Crippen molar-refractivity contribution >= 4 is 5.91 Å². The van der Waals surface area contributed by atoms with E-state index in [0.29, 0.717) is 0 Å². The molecule has 2 N–H and O–H groups in total. The Morgan fingerprint density at radius 1 is 1.05 bits per heavy atom. The number of nitrogens with one attached hydrogen (secondary N) is 1. The third-order valence-corrected chi connectivity index (χ3v) is 4.94. The molecule has 0 radical (unpaired) electrons. The van der Waals surface area contributed by atoms with Crippen molar-refractivity contribution in [2.24, 2.45) is 0 Å². The predicted molar refractivity (Wildman–Crippen MR) is 78.1 cm³/mol. The number of benzene rings is 1. The zero-order chi connectivity index (χ0) is 14.1. The Morgan fingerprint density at radius 2 is 1.70 bits per heavy atom. The first kappa shape index (κ1) is 13.6. The highest BCUT2D eigenvalue weighted by Gasteiger charge is 2.41. The first-order valence-corrected chi connectivity index (χ1v) is 7.71. The minimum atomic E-state index is -0.736. The molecule has 3 rings (SSSR count). The molecule has 3 nitrogen and oxygen atoms in total. The molecular formula is C17H23NO2. The van der Waals surface area contributed by atoms with E-state index < -0.39 is 5.60 Å². The maximum absolute atomic E-state index is 12.3. The van der Waals surface area contributed by atoms with Crippen LogP contribution in [0.25, 0.3) is 0 Å². The minimum Gasteiger partial charge on any atom is -0.389 e. The fourth-order valence-corrected chi connectivity index (χ4v) is 3.59. The van der Waals surface area contributed by atoms with E-state index in [1.807, 2.05) is 18.2 Å². The van der Waals surface area contributed by atoms with Gasteiger partial charge in [0.15, 0.2) is 0 Å². The van der Waals surface area contributed by atoms with Gasteiger partial charge in [-0.1, -0.05) is 43.2 Å². The third-order valence-electron chi connectivity index (χ3n) is 4.94. The summed E-state index contributed by atoms with van der Waals surface area (Å²) in [7, 11) is 0. The van der Waals surface area contributed by atoms with Crippen molar-refractivity contribution in [2.45, 2.75) is 62.5 Å². The summed E-state index contributed by atoms with van der Waals surface area (Å²) in [6, 6.07) is 10.3. The predicted octanol–water partition coefficient (Wildman–Crippen LogP) is 2.88. The summed E-state index contributed by atoms with van der Waals surface area (Å²) in [5, 5.41) is 13.4. The van der Waals surface area contributed by atoms with Crippen molar-refractivity contribution in [3.63, 3.8) is 0 Å². The standard InChI is InChI=1S/C17H23NO2/c19-15(13-16(20)9-6-10-16)18-17(11-4-5-12-17)14-7-2-1-3-8-14/h1-3,7-8,20H,4-6,9-13H2,(H,18,19). The van der Waals surface area contributed by atoms with Crippen molar-refractivity contribution in [3.05, 3.63) is 35.9 Å². The topological polar surface area (TPSA) is 49.3 Å². The minimum absolute atomic E-state index is 0.00190. The molecule has 0 unspecified atom stereocenters. The van der Waals surface area contributed by atoms with E-state index in [-0.39, 0.29) is 17.9 Å². The van der Waals surface area contributed by atoms with Crippen molar-refractivity contribution in [1.82, 2.24) is 5.32 Å². The summed E-state index contributed by atoms with van der Waals surface area (Å²) in [5.41, 5.74) is 0.255. The molecule has 1 aromatic rings. The number of aliphatic hydroxyl groups is 1. The maximum atomic E-state index is 12.3. The summed E-state index contributed by atoms with van der Waals surface area (Å²) in [5.74, 6) is -0.00190. The molecule has 2 saturated carbocycles. The number of rotatable bonds is 4. The van der Waals surface area contributed by atoms with Crippen LogP contribution in [0, 0.1) is 0 Å². The first-order valence-electron chi connectivity index (χ1n) is 7.71. The average Bonchev–Trinajstić information content (AvgIpc) is 2.87. The van der Waals surface area contributed by atoms with Gasteiger partial charge in [0, 0.05) is 0 Å². The second-order valence-corrected chi connectivity index (χ2v) is 6.46. The van der Waals surface area contributed by atoms with Crippen LogP contribution < -0.4 is 5.32 Å². The van der Waals surface area contributed by atoms with Gasteiger partial charge in [-0.2, -0.15) is 0 Å². The summed E-state index contributed by atoms with van der Waals surface area (Å²) < 4.78 is 0. The molecular weight excluding hydrogens is 250 g/mol. The van der Waals surface area contributed by atoms with E-state index in [1.165, 1.54) is 5.56 Å². The van der Waals surface area contributed by atoms with Gasteiger partial charge >= 0.3 is 0 Å². The van der Waals surface area contributed by atoms with Crippen LogP contribution in [-0.4, -0.2) is 16.6 Å². The monoisotopic (exact) mass is 273 g/mol. The van der Waals surface area contributed by atoms with Gasteiger partial charge in [-0.05, 0) is 37.7 Å². The summed E-state index contributed by atoms with van der Waals surface area (Å²) in [6.07, 6.45) is 7.12. The molecule has 0 bridgehead atoms. The van der Waals surface area contributed by atoms with Crippen molar-refractivity contribution in [1.29, 1.82) is 0 Å². The molecule has 3 heteroatoms. The van der Waals surface area contributed by atoms with Crippen LogP contribution in [0.15, 0.2) is 30.3 Å². The van der Waals surface area contributed by atoms with Gasteiger partial charge in [0.05, 0.1) is 17.6 Å². The lowest BCUT2D eigenvalue weighted by atomic mass is 9.77. The molecule has 0 atom stereocenters. The highest BCUT2D eigenvalue weighted by atomic mass is 16.3. The van der Waals surface area contributed by atoms with Crippen LogP contribution in [0.1, 0.15) is 56.9 Å². The van der Waals surface area contributed by atoms with Crippen LogP contribution in [-0.2, 0) is 10.3 Å². The molecule has 0 saturated heterocycles. The van der Waals surface area contributed by atoms with E-state index >= 15 is 0 Å². The quantitative estimate of drug-likeness (QED) is 0.886. The van der Waals surface area contributed by atoms with Crippen LogP contribution in [0.5, 0.6) is 0 Å². The molecule has 2 fully saturated rings. The molecule has 2 aliphatic carbocycles. The smallest absolute Gasteiger partial charge is 0.223 e. The molecule has 0 heterocycles. The molecule has 20 heavy (non-hydrogen) atoms. The van der Waals surface area contributed by atoms with Crippen LogP contribution >= 0.6 is 0 Å². The zero-order valence-electron chi connectivity index (χ0n) is 11.9. The van der Waals surface area contributed by atoms with Crippen LogP contribution in [0.4, 0.5) is 0 Å². The SMILES string of the molecule is O=C(CC1(O)CCC1)NC1(c2ccccc2)CCCC1. The lowest BCUT2D eigenvalue weighted by Crippen LogP contribution is -2.48. The molecule has 0 spiro atoms. The normalized spacial score (nSPS) is 23.1. The second-order valence-electron chi connectivity index (χ2n) is 6.46. The second kappa shape index (κ2) is 5.21. The zero-order valence-corrected chi connectivity index (χ0v) is 11.9. The number of hydrogen-bond acceptors (Lipinski definition) is 2. The van der Waals surface area contributed by atoms with Gasteiger partial charge < -0.3 is 10.4 Å². The largest absolute Gasteiger partial charge is 0.389 e. The Labute approximate surface area is 120 Å². The molecule has 0 aliphatic heterocycles. The molecule has 1 amide bonds. The van der Waals surface area contributed by atoms with Gasteiger partial charge in [0.25, 0.3) is 0 Å². The average molecular weight is 273 g/mol. The highest BCUT2D eigenvalue weighted by Crippen LogP contribution is 2.40. The van der Waals surface area contributed by atoms with Crippen molar-refractivity contribution in [3.8, 4) is 0 Å². The Balaban J connectivity index is 1.73. The fraction of sp³-hybridized carbons (Fsp3) is 0.588. The van der Waals surface area contributed by atoms with E-state index in [9.17, 15) is 9.90 Å². The molecule has 0 aromatic heterocycles. The Hall–Kier alpha value is -1.35. The third kappa shape index (κ3) is 2.59. The van der Waals surface area contributed by atoms with Gasteiger partial charge in [-0.3, -0.25) is 4.79 Å². The first-order chi connectivity index (χ1) is 9.62. The van der Waals surface area contributed by atoms with Crippen LogP contribution in [0.3, 0.4) is 0 Å². The summed E-state index contributed by atoms with van der Waals surface area (Å²) in [4.78, 5) is 12.3. The van der Waals surface area contributed by atoms with E-state index in [1.54, 1.807) is 0 Å². The number of hydrogen-bond donors (Lipinski definition) is 2. The van der Waals surface area contributed by atoms with Crippen molar-refractivity contribution in [2.75, 3.05) is 0 Å². The maximum Gasteiger partial charge on any atom is 0.223 e. The van der Waals surface area contributed by atoms with E-state index in [4.69, 9.17) is 0 Å². The lowest BCUT2D eigenvalue weighted by Gasteiger charge is -2.38. The number of amides is 1. The summed E-state index contributed by atoms with van der Waals surface area (Å²) >= 11 is 0. The lowest BCUT2D eigenvalue weighted by molar-refractivity contribution is -0.132. The Morgan fingerprint density at radius 3 is 2.25 bits per heavy atom. The van der Waals surface area contributed by atoms with Gasteiger partial charge in [-0.25, -0.2) is 0 Å². The highest BCUT2D eigenvalue weighted by molar-refractivity contribution is 5.78. The van der Waals surface area contributed by atoms with Gasteiger partial charge in [-0.15, -0.1) is 0 Å². The fourth-order valence-electron chi connectivity index (χ4n) is 3.59. The number of carbonyl (C=O) groups is 1. The van der Waals surface area contributed by atoms with E-state index in [0.717, 1.165) is 44.9 Å². The summed E-state index contributed by atoms with van der Waals surface area (Å²) in [6.45, 7) is 0. The number of carbonyl (C=O) groups excluding carboxylic acids is 1. The molecule has 2 aliphatic rings. The van der Waals surface area contributed by atoms with Gasteiger partial charge in [0.2, 0.25) is 5.91 Å². The van der Waals surface area contributed by atoms with E-state index in [2.05, 4.69) is 17.4 Å². The molecule has 1 aromatic carbocycles. The Bertz CT molecular complexity index is 473. The Kier molecular flexibility index (Phi) is 3.55. The van der Waals surface area contributed by atoms with Crippen molar-refractivity contribution < 1.29 is 9.90 Å². The molecule has 108 valence electrons. The van der Waals surface area contributed by atoms with Crippen LogP contribution in [0.2, 0.25) is 0 Å².